The van der Waals surface area contributed by atoms with Crippen LogP contribution in [0.4, 0.5) is 17.6 Å². The van der Waals surface area contributed by atoms with Crippen molar-refractivity contribution in [1.29, 1.82) is 0 Å². The lowest BCUT2D eigenvalue weighted by Gasteiger charge is -2.28. The fraction of sp³-hybridized carbons (Fsp3) is 0.100. The third-order valence-electron chi connectivity index (χ3n) is 8.47. The van der Waals surface area contributed by atoms with Crippen LogP contribution < -0.4 is 50.8 Å². The molecule has 0 spiro atoms. The second kappa shape index (κ2) is 12.5. The predicted molar refractivity (Wildman–Crippen MR) is 191 cm³/mol. The molecule has 0 N–H and O–H groups in total. The monoisotopic (exact) mass is 710 g/mol. The van der Waals surface area contributed by atoms with Gasteiger partial charge in [-0.2, -0.15) is 0 Å². The maximum absolute atomic E-state index is 15.2. The summed E-state index contributed by atoms with van der Waals surface area (Å²) in [7, 11) is -2.96. The maximum atomic E-state index is 15.2. The van der Waals surface area contributed by atoms with Gasteiger partial charge in [-0.15, -0.1) is 17.6 Å². The first-order chi connectivity index (χ1) is 24.1. The smallest absolute Gasteiger partial charge is 0.395 e. The van der Waals surface area contributed by atoms with Crippen molar-refractivity contribution in [3.63, 3.8) is 0 Å². The lowest BCUT2D eigenvalue weighted by Crippen LogP contribution is -2.28. The predicted octanol–water partition coefficient (Wildman–Crippen LogP) is 8.13. The SMILES string of the molecule is Cc1cc(P(c2ccccc2)c2ccccc2)c(-c2c(P(c3ccccc3)c3ccccc3)cc(C)c3c2OC(F)(F)O3)c2c1OC(F)(F)O2. The number of fused-ring (bicyclic) bond motifs is 2. The van der Waals surface area contributed by atoms with Gasteiger partial charge in [-0.1, -0.05) is 121 Å². The quantitative estimate of drug-likeness (QED) is 0.124. The van der Waals surface area contributed by atoms with Crippen molar-refractivity contribution in [2.24, 2.45) is 0 Å². The second-order valence-corrected chi connectivity index (χ2v) is 16.2. The van der Waals surface area contributed by atoms with Crippen LogP contribution in [0.3, 0.4) is 0 Å². The zero-order chi connectivity index (χ0) is 34.6. The summed E-state index contributed by atoms with van der Waals surface area (Å²) in [6, 6.07) is 42.4. The summed E-state index contributed by atoms with van der Waals surface area (Å²) >= 11 is 0. The van der Waals surface area contributed by atoms with Crippen LogP contribution in [0.2, 0.25) is 0 Å². The van der Waals surface area contributed by atoms with Gasteiger partial charge in [-0.3, -0.25) is 0 Å². The van der Waals surface area contributed by atoms with Crippen LogP contribution >= 0.6 is 15.8 Å². The van der Waals surface area contributed by atoms with Crippen LogP contribution in [0.15, 0.2) is 133 Å². The zero-order valence-corrected chi connectivity index (χ0v) is 28.5. The molecule has 2 aliphatic heterocycles. The number of aryl methyl sites for hydroxylation is 2. The molecule has 8 rings (SSSR count). The molecule has 0 atom stereocenters. The molecule has 0 aromatic heterocycles. The average molecular weight is 711 g/mol. The van der Waals surface area contributed by atoms with E-state index in [4.69, 9.17) is 18.9 Å². The minimum atomic E-state index is -4.00. The van der Waals surface area contributed by atoms with Gasteiger partial charge in [0.1, 0.15) is 0 Å². The number of halogens is 4. The van der Waals surface area contributed by atoms with Gasteiger partial charge in [0.05, 0.1) is 0 Å². The van der Waals surface area contributed by atoms with Crippen LogP contribution in [0.1, 0.15) is 11.1 Å². The fourth-order valence-corrected chi connectivity index (χ4v) is 11.6. The summed E-state index contributed by atoms with van der Waals surface area (Å²) < 4.78 is 81.9. The highest BCUT2D eigenvalue weighted by Crippen LogP contribution is 2.58. The van der Waals surface area contributed by atoms with Crippen molar-refractivity contribution in [1.82, 2.24) is 0 Å². The summed E-state index contributed by atoms with van der Waals surface area (Å²) in [5.41, 5.74) is 1.20. The second-order valence-electron chi connectivity index (χ2n) is 11.8. The average Bonchev–Trinajstić information content (AvgIpc) is 3.63. The van der Waals surface area contributed by atoms with E-state index in [1.165, 1.54) is 0 Å². The lowest BCUT2D eigenvalue weighted by atomic mass is 9.98. The molecule has 4 nitrogen and oxygen atoms in total. The fourth-order valence-electron chi connectivity index (χ4n) is 6.47. The highest BCUT2D eigenvalue weighted by Gasteiger charge is 2.51. The third-order valence-corrected chi connectivity index (χ3v) is 13.4. The summed E-state index contributed by atoms with van der Waals surface area (Å²) in [4.78, 5) is 0. The highest BCUT2D eigenvalue weighted by atomic mass is 31.1. The van der Waals surface area contributed by atoms with E-state index in [9.17, 15) is 0 Å². The topological polar surface area (TPSA) is 36.9 Å². The van der Waals surface area contributed by atoms with Crippen LogP contribution in [0, 0.1) is 13.8 Å². The Morgan fingerprint density at radius 1 is 0.400 bits per heavy atom. The first kappa shape index (κ1) is 32.3. The summed E-state index contributed by atoms with van der Waals surface area (Å²) in [5.74, 6) is -0.822. The Labute approximate surface area is 288 Å². The lowest BCUT2D eigenvalue weighted by molar-refractivity contribution is -0.288. The van der Waals surface area contributed by atoms with E-state index in [0.29, 0.717) is 21.7 Å². The number of benzene rings is 6. The Morgan fingerprint density at radius 2 is 0.660 bits per heavy atom. The summed E-state index contributed by atoms with van der Waals surface area (Å²) in [5, 5.41) is 4.89. The molecule has 50 heavy (non-hydrogen) atoms. The Hall–Kier alpha value is -4.90. The molecule has 6 aromatic rings. The Morgan fingerprint density at radius 3 is 0.940 bits per heavy atom. The normalized spacial score (nSPS) is 15.1. The standard InChI is InChI=1S/C40H28F4O4P2/c1-25-23-31(49(27-15-7-3-8-16-27)28-17-9-4-10-18-28)33(37-35(25)45-39(41,42)47-37)34-32(24-26(2)36-38(34)48-40(43,44)46-36)50(29-19-11-5-12-20-29)30-21-13-6-14-22-30/h3-24H,1-2H3. The maximum Gasteiger partial charge on any atom is 0.586 e. The number of hydrogen-bond donors (Lipinski definition) is 0. The van der Waals surface area contributed by atoms with Crippen molar-refractivity contribution in [3.05, 3.63) is 145 Å². The van der Waals surface area contributed by atoms with Gasteiger partial charge in [-0.25, -0.2) is 0 Å². The van der Waals surface area contributed by atoms with Crippen molar-refractivity contribution < 1.29 is 36.5 Å². The molecule has 6 aromatic carbocycles. The van der Waals surface area contributed by atoms with Crippen molar-refractivity contribution >= 4 is 47.7 Å². The van der Waals surface area contributed by atoms with Gasteiger partial charge in [-0.05, 0) is 84.8 Å². The minimum absolute atomic E-state index is 0.167. The van der Waals surface area contributed by atoms with Crippen molar-refractivity contribution in [2.45, 2.75) is 26.4 Å². The summed E-state index contributed by atoms with van der Waals surface area (Å²) in [6.45, 7) is 3.35. The van der Waals surface area contributed by atoms with Gasteiger partial charge < -0.3 is 18.9 Å². The van der Waals surface area contributed by atoms with Crippen molar-refractivity contribution in [2.75, 3.05) is 0 Å². The Bertz CT molecular complexity index is 1970. The number of alkyl halides is 4. The largest absolute Gasteiger partial charge is 0.586 e. The van der Waals surface area contributed by atoms with Gasteiger partial charge >= 0.3 is 12.6 Å². The molecule has 250 valence electrons. The third kappa shape index (κ3) is 5.77. The van der Waals surface area contributed by atoms with Crippen molar-refractivity contribution in [3.8, 4) is 34.1 Å². The van der Waals surface area contributed by atoms with E-state index in [1.54, 1.807) is 13.8 Å². The van der Waals surface area contributed by atoms with E-state index < -0.39 is 28.4 Å². The highest BCUT2D eigenvalue weighted by molar-refractivity contribution is 7.80. The van der Waals surface area contributed by atoms with Gasteiger partial charge in [0.15, 0.2) is 23.0 Å². The Kier molecular flexibility index (Phi) is 8.05. The molecule has 2 heterocycles. The molecule has 0 radical (unpaired) electrons. The van der Waals surface area contributed by atoms with E-state index >= 15 is 17.6 Å². The number of ether oxygens (including phenoxy) is 4. The Balaban J connectivity index is 1.54. The van der Waals surface area contributed by atoms with Crippen LogP contribution in [-0.2, 0) is 0 Å². The zero-order valence-electron chi connectivity index (χ0n) is 26.7. The minimum Gasteiger partial charge on any atom is -0.395 e. The van der Waals surface area contributed by atoms with E-state index in [1.807, 2.05) is 133 Å². The van der Waals surface area contributed by atoms with E-state index in [2.05, 4.69) is 0 Å². The van der Waals surface area contributed by atoms with Gasteiger partial charge in [0.25, 0.3) is 0 Å². The van der Waals surface area contributed by atoms with Crippen LogP contribution in [-0.4, -0.2) is 12.6 Å². The van der Waals surface area contributed by atoms with Crippen LogP contribution in [0.5, 0.6) is 23.0 Å². The molecule has 0 amide bonds. The molecular weight excluding hydrogens is 682 g/mol. The van der Waals surface area contributed by atoms with Crippen LogP contribution in [0.25, 0.3) is 11.1 Å². The molecule has 10 heteroatoms. The molecule has 2 aliphatic rings. The molecule has 0 unspecified atom stereocenters. The molecule has 0 fully saturated rings. The molecule has 0 aliphatic carbocycles. The van der Waals surface area contributed by atoms with E-state index in [-0.39, 0.29) is 34.1 Å². The summed E-state index contributed by atoms with van der Waals surface area (Å²) in [6.07, 6.45) is -8.00. The molecule has 0 bridgehead atoms. The molecule has 0 saturated carbocycles. The van der Waals surface area contributed by atoms with Gasteiger partial charge in [0.2, 0.25) is 0 Å². The first-order valence-electron chi connectivity index (χ1n) is 15.8. The van der Waals surface area contributed by atoms with Gasteiger partial charge in [0, 0.05) is 11.1 Å². The molecular formula is C40H28F4O4P2. The number of rotatable bonds is 7. The number of hydrogen-bond acceptors (Lipinski definition) is 4. The van der Waals surface area contributed by atoms with E-state index in [0.717, 1.165) is 21.2 Å². The first-order valence-corrected chi connectivity index (χ1v) is 18.5. The molecule has 0 saturated heterocycles.